The van der Waals surface area contributed by atoms with Crippen LogP contribution in [0, 0.1) is 0 Å². The average molecular weight is 678 g/mol. The van der Waals surface area contributed by atoms with E-state index in [4.69, 9.17) is 4.98 Å². The number of benzene rings is 7. The number of para-hydroxylation sites is 2. The summed E-state index contributed by atoms with van der Waals surface area (Å²) >= 11 is 0. The second-order valence-electron chi connectivity index (χ2n) is 14.8. The van der Waals surface area contributed by atoms with Gasteiger partial charge in [-0.15, -0.1) is 0 Å². The smallest absolute Gasteiger partial charge is 0.0788 e. The summed E-state index contributed by atoms with van der Waals surface area (Å²) in [5, 5.41) is 4.94. The zero-order valence-electron chi connectivity index (χ0n) is 29.6. The molecule has 0 unspecified atom stereocenters. The summed E-state index contributed by atoms with van der Waals surface area (Å²) in [7, 11) is 0. The molecule has 3 heteroatoms. The summed E-state index contributed by atoms with van der Waals surface area (Å²) < 4.78 is 5.00. The Morgan fingerprint density at radius 3 is 1.49 bits per heavy atom. The van der Waals surface area contributed by atoms with Crippen molar-refractivity contribution in [3.05, 3.63) is 187 Å². The van der Waals surface area contributed by atoms with Gasteiger partial charge in [0.05, 0.1) is 39.1 Å². The van der Waals surface area contributed by atoms with Crippen LogP contribution in [-0.4, -0.2) is 14.1 Å². The van der Waals surface area contributed by atoms with Crippen molar-refractivity contribution < 1.29 is 0 Å². The SMILES string of the molecule is CC1(C)c2ccccc2-c2ccc(-n3c4ccccc4c4ccc5c6ccccc6n(-c6cc(-c7ccccc7)nc(-c7ccccc7)c6)c5c43)cc21. The minimum atomic E-state index is -0.108. The van der Waals surface area contributed by atoms with Crippen LogP contribution in [0.15, 0.2) is 176 Å². The highest BCUT2D eigenvalue weighted by atomic mass is 15.0. The fraction of sp³-hybridized carbons (Fsp3) is 0.0600. The van der Waals surface area contributed by atoms with Crippen molar-refractivity contribution in [3.63, 3.8) is 0 Å². The van der Waals surface area contributed by atoms with E-state index >= 15 is 0 Å². The second-order valence-corrected chi connectivity index (χ2v) is 14.8. The number of hydrogen-bond donors (Lipinski definition) is 0. The Bertz CT molecular complexity index is 3010. The maximum Gasteiger partial charge on any atom is 0.0788 e. The third-order valence-corrected chi connectivity index (χ3v) is 11.5. The van der Waals surface area contributed by atoms with Gasteiger partial charge < -0.3 is 9.13 Å². The zero-order chi connectivity index (χ0) is 35.3. The number of nitrogens with zero attached hydrogens (tertiary/aromatic N) is 3. The van der Waals surface area contributed by atoms with Crippen molar-refractivity contribution in [3.8, 4) is 45.0 Å². The van der Waals surface area contributed by atoms with Gasteiger partial charge in [-0.25, -0.2) is 4.98 Å². The lowest BCUT2D eigenvalue weighted by Crippen LogP contribution is -2.15. The molecule has 0 radical (unpaired) electrons. The summed E-state index contributed by atoms with van der Waals surface area (Å²) in [6.07, 6.45) is 0. The van der Waals surface area contributed by atoms with Gasteiger partial charge in [-0.2, -0.15) is 0 Å². The van der Waals surface area contributed by atoms with Crippen molar-refractivity contribution in [2.24, 2.45) is 0 Å². The van der Waals surface area contributed by atoms with Gasteiger partial charge in [0.15, 0.2) is 0 Å². The molecule has 0 aliphatic heterocycles. The Morgan fingerprint density at radius 1 is 0.396 bits per heavy atom. The Kier molecular flexibility index (Phi) is 6.30. The van der Waals surface area contributed by atoms with Gasteiger partial charge in [0.25, 0.3) is 0 Å². The van der Waals surface area contributed by atoms with Crippen molar-refractivity contribution in [2.75, 3.05) is 0 Å². The molecule has 0 atom stereocenters. The number of aromatic nitrogens is 3. The molecule has 3 heterocycles. The molecule has 0 N–H and O–H groups in total. The molecule has 1 aliphatic rings. The number of pyridine rings is 1. The molecule has 3 aromatic heterocycles. The average Bonchev–Trinajstić information content (AvgIpc) is 3.82. The molecule has 53 heavy (non-hydrogen) atoms. The van der Waals surface area contributed by atoms with Crippen LogP contribution in [0.25, 0.3) is 88.6 Å². The van der Waals surface area contributed by atoms with Crippen LogP contribution in [0.1, 0.15) is 25.0 Å². The fourth-order valence-electron chi connectivity index (χ4n) is 9.03. The van der Waals surface area contributed by atoms with E-state index in [1.54, 1.807) is 0 Å². The summed E-state index contributed by atoms with van der Waals surface area (Å²) in [5.74, 6) is 0. The Morgan fingerprint density at radius 2 is 0.887 bits per heavy atom. The molecule has 0 bridgehead atoms. The van der Waals surface area contributed by atoms with Gasteiger partial charge in [-0.1, -0.05) is 153 Å². The quantitative estimate of drug-likeness (QED) is 0.182. The number of hydrogen-bond acceptors (Lipinski definition) is 1. The molecule has 11 rings (SSSR count). The molecule has 10 aromatic rings. The Balaban J connectivity index is 1.27. The first kappa shape index (κ1) is 30.0. The molecule has 3 nitrogen and oxygen atoms in total. The van der Waals surface area contributed by atoms with E-state index in [0.29, 0.717) is 0 Å². The van der Waals surface area contributed by atoms with Crippen molar-refractivity contribution in [1.29, 1.82) is 0 Å². The molecule has 1 aliphatic carbocycles. The lowest BCUT2D eigenvalue weighted by atomic mass is 9.82. The number of fused-ring (bicyclic) bond motifs is 10. The van der Waals surface area contributed by atoms with Gasteiger partial charge >= 0.3 is 0 Å². The topological polar surface area (TPSA) is 22.8 Å². The maximum absolute atomic E-state index is 5.25. The Hall–Kier alpha value is -6.71. The van der Waals surface area contributed by atoms with E-state index in [1.807, 2.05) is 0 Å². The van der Waals surface area contributed by atoms with Gasteiger partial charge in [0.2, 0.25) is 0 Å². The summed E-state index contributed by atoms with van der Waals surface area (Å²) in [4.78, 5) is 5.25. The predicted octanol–water partition coefficient (Wildman–Crippen LogP) is 12.9. The van der Waals surface area contributed by atoms with Crippen LogP contribution in [0.2, 0.25) is 0 Å². The Labute approximate surface area is 308 Å². The minimum Gasteiger partial charge on any atom is -0.307 e. The normalized spacial score (nSPS) is 13.2. The monoisotopic (exact) mass is 677 g/mol. The standard InChI is InChI=1S/C50H35N3/c1-50(2)42-22-12-9-19-36(42)37-26-25-34(29-43(37)50)52-46-23-13-10-20-38(46)40-27-28-41-39-21-11-14-24-47(39)53(49(41)48(40)52)35-30-44(32-15-5-3-6-16-32)51-45(31-35)33-17-7-4-8-18-33/h3-31H,1-2H3. The van der Waals surface area contributed by atoms with E-state index in [2.05, 4.69) is 199 Å². The number of rotatable bonds is 4. The second kappa shape index (κ2) is 11.1. The highest BCUT2D eigenvalue weighted by Gasteiger charge is 2.35. The molecule has 0 saturated carbocycles. The minimum absolute atomic E-state index is 0.108. The summed E-state index contributed by atoms with van der Waals surface area (Å²) in [5.41, 5.74) is 16.4. The lowest BCUT2D eigenvalue weighted by molar-refractivity contribution is 0.660. The molecule has 7 aromatic carbocycles. The van der Waals surface area contributed by atoms with Crippen LogP contribution in [-0.2, 0) is 5.41 Å². The van der Waals surface area contributed by atoms with Gasteiger partial charge in [0, 0.05) is 43.8 Å². The van der Waals surface area contributed by atoms with E-state index in [1.165, 1.54) is 71.6 Å². The highest BCUT2D eigenvalue weighted by molar-refractivity contribution is 6.23. The summed E-state index contributed by atoms with van der Waals surface area (Å²) in [6.45, 7) is 4.73. The molecule has 0 fully saturated rings. The first-order valence-corrected chi connectivity index (χ1v) is 18.4. The van der Waals surface area contributed by atoms with E-state index in [-0.39, 0.29) is 5.41 Å². The van der Waals surface area contributed by atoms with Crippen molar-refractivity contribution in [2.45, 2.75) is 19.3 Å². The van der Waals surface area contributed by atoms with Crippen molar-refractivity contribution >= 4 is 43.6 Å². The van der Waals surface area contributed by atoms with E-state index in [9.17, 15) is 0 Å². The molecular formula is C50H35N3. The van der Waals surface area contributed by atoms with Crippen LogP contribution >= 0.6 is 0 Å². The van der Waals surface area contributed by atoms with Crippen LogP contribution in [0.3, 0.4) is 0 Å². The van der Waals surface area contributed by atoms with Gasteiger partial charge in [-0.3, -0.25) is 0 Å². The molecule has 0 spiro atoms. The predicted molar refractivity (Wildman–Crippen MR) is 221 cm³/mol. The van der Waals surface area contributed by atoms with Gasteiger partial charge in [0.1, 0.15) is 0 Å². The van der Waals surface area contributed by atoms with E-state index < -0.39 is 0 Å². The largest absolute Gasteiger partial charge is 0.307 e. The first-order valence-electron chi connectivity index (χ1n) is 18.4. The van der Waals surface area contributed by atoms with Gasteiger partial charge in [-0.05, 0) is 58.7 Å². The lowest BCUT2D eigenvalue weighted by Gasteiger charge is -2.22. The molecule has 0 amide bonds. The highest BCUT2D eigenvalue weighted by Crippen LogP contribution is 2.50. The molecule has 0 saturated heterocycles. The van der Waals surface area contributed by atoms with E-state index in [0.717, 1.165) is 28.2 Å². The summed E-state index contributed by atoms with van der Waals surface area (Å²) in [6, 6.07) is 64.0. The zero-order valence-corrected chi connectivity index (χ0v) is 29.6. The third-order valence-electron chi connectivity index (χ3n) is 11.5. The maximum atomic E-state index is 5.25. The van der Waals surface area contributed by atoms with Crippen molar-refractivity contribution in [1.82, 2.24) is 14.1 Å². The fourth-order valence-corrected chi connectivity index (χ4v) is 9.03. The van der Waals surface area contributed by atoms with Crippen LogP contribution in [0.5, 0.6) is 0 Å². The molecule has 250 valence electrons. The first-order chi connectivity index (χ1) is 26.1. The molecular weight excluding hydrogens is 643 g/mol. The third kappa shape index (κ3) is 4.31. The van der Waals surface area contributed by atoms with Crippen LogP contribution < -0.4 is 0 Å². The van der Waals surface area contributed by atoms with Crippen LogP contribution in [0.4, 0.5) is 0 Å².